The lowest BCUT2D eigenvalue weighted by atomic mass is 10.1. The maximum atomic E-state index is 12.3. The third kappa shape index (κ3) is 24.7. The van der Waals surface area contributed by atoms with Crippen LogP contribution in [0.15, 0.2) is 48.6 Å². The van der Waals surface area contributed by atoms with E-state index in [9.17, 15) is 9.59 Å². The normalized spacial score (nSPS) is 18.2. The highest BCUT2D eigenvalue weighted by Gasteiger charge is 2.55. The number of carbonyl (C=O) groups excluding carboxylic acids is 2. The molecule has 0 heterocycles. The molecule has 0 aromatic rings. The minimum absolute atomic E-state index is 0.0629. The molecule has 1 aliphatic rings. The molecule has 0 radical (unpaired) electrons. The summed E-state index contributed by atoms with van der Waals surface area (Å²) in [4.78, 5) is 24.6. The Bertz CT molecular complexity index is 764. The second-order valence-corrected chi connectivity index (χ2v) is 12.8. The van der Waals surface area contributed by atoms with Crippen LogP contribution in [-0.2, 0) is 19.1 Å². The Morgan fingerprint density at radius 2 is 0.822 bits per heavy atom. The zero-order chi connectivity index (χ0) is 32.6. The van der Waals surface area contributed by atoms with Gasteiger partial charge in [-0.1, -0.05) is 127 Å². The van der Waals surface area contributed by atoms with E-state index in [2.05, 4.69) is 62.5 Å². The highest BCUT2D eigenvalue weighted by atomic mass is 16.6. The van der Waals surface area contributed by atoms with Gasteiger partial charge in [0.05, 0.1) is 5.92 Å². The Hall–Kier alpha value is -2.14. The Kier molecular flexibility index (Phi) is 27.7. The fourth-order valence-electron chi connectivity index (χ4n) is 5.47. The van der Waals surface area contributed by atoms with Gasteiger partial charge in [0.1, 0.15) is 12.2 Å². The topological polar surface area (TPSA) is 78.6 Å². The van der Waals surface area contributed by atoms with E-state index >= 15 is 0 Å². The molecular formula is C40H69NO4. The fourth-order valence-corrected chi connectivity index (χ4v) is 5.47. The average Bonchev–Trinajstić information content (AvgIpc) is 3.69. The van der Waals surface area contributed by atoms with E-state index in [1.54, 1.807) is 0 Å². The molecule has 0 aliphatic heterocycles. The average molecular weight is 628 g/mol. The molecule has 0 spiro atoms. The van der Waals surface area contributed by atoms with E-state index in [1.807, 2.05) is 0 Å². The van der Waals surface area contributed by atoms with Crippen molar-refractivity contribution in [3.8, 4) is 0 Å². The van der Waals surface area contributed by atoms with Gasteiger partial charge in [-0.2, -0.15) is 0 Å². The largest absolute Gasteiger partial charge is 0.458 e. The summed E-state index contributed by atoms with van der Waals surface area (Å²) in [5, 5.41) is 0. The number of rotatable bonds is 31. The predicted octanol–water partition coefficient (Wildman–Crippen LogP) is 11.0. The SMILES string of the molecule is CCCCC/C=C\C/C=C\CCCCCCCC(=O)O[C@@H]1C(CN)[C@@H]1OC(=O)CCCCCCC/C=C\C/C=C\CCCCC. The number of hydrogen-bond donors (Lipinski definition) is 1. The summed E-state index contributed by atoms with van der Waals surface area (Å²) in [5.74, 6) is -0.458. The molecule has 2 N–H and O–H groups in total. The van der Waals surface area contributed by atoms with Crippen molar-refractivity contribution in [3.63, 3.8) is 0 Å². The first-order chi connectivity index (χ1) is 22.1. The summed E-state index contributed by atoms with van der Waals surface area (Å²) in [6.07, 6.45) is 43.7. The third-order valence-corrected chi connectivity index (χ3v) is 8.50. The summed E-state index contributed by atoms with van der Waals surface area (Å²) in [6, 6.07) is 0. The molecule has 0 bridgehead atoms. The number of hydrogen-bond acceptors (Lipinski definition) is 5. The molecule has 258 valence electrons. The van der Waals surface area contributed by atoms with Crippen LogP contribution in [0.2, 0.25) is 0 Å². The summed E-state index contributed by atoms with van der Waals surface area (Å²) in [6.45, 7) is 4.84. The number of nitrogens with two attached hydrogens (primary N) is 1. The van der Waals surface area contributed by atoms with Crippen LogP contribution in [0.4, 0.5) is 0 Å². The number of unbranched alkanes of at least 4 members (excludes halogenated alkanes) is 16. The van der Waals surface area contributed by atoms with E-state index in [0.29, 0.717) is 19.4 Å². The van der Waals surface area contributed by atoms with Gasteiger partial charge < -0.3 is 15.2 Å². The number of carbonyl (C=O) groups is 2. The van der Waals surface area contributed by atoms with E-state index in [1.165, 1.54) is 77.0 Å². The van der Waals surface area contributed by atoms with Crippen LogP contribution >= 0.6 is 0 Å². The van der Waals surface area contributed by atoms with Crippen molar-refractivity contribution in [1.82, 2.24) is 0 Å². The summed E-state index contributed by atoms with van der Waals surface area (Å²) < 4.78 is 11.2. The van der Waals surface area contributed by atoms with E-state index in [4.69, 9.17) is 15.2 Å². The van der Waals surface area contributed by atoms with Crippen LogP contribution in [0.25, 0.3) is 0 Å². The Morgan fingerprint density at radius 3 is 1.18 bits per heavy atom. The van der Waals surface area contributed by atoms with Gasteiger partial charge in [0.2, 0.25) is 0 Å². The molecule has 1 unspecified atom stereocenters. The first-order valence-corrected chi connectivity index (χ1v) is 18.8. The maximum Gasteiger partial charge on any atom is 0.306 e. The fraction of sp³-hybridized carbons (Fsp3) is 0.750. The quantitative estimate of drug-likeness (QED) is 0.0470. The first-order valence-electron chi connectivity index (χ1n) is 18.8. The zero-order valence-corrected chi connectivity index (χ0v) is 29.2. The van der Waals surface area contributed by atoms with Crippen LogP contribution in [0, 0.1) is 5.92 Å². The number of esters is 2. The van der Waals surface area contributed by atoms with Gasteiger partial charge >= 0.3 is 11.9 Å². The van der Waals surface area contributed by atoms with Gasteiger partial charge in [-0.3, -0.25) is 9.59 Å². The lowest BCUT2D eigenvalue weighted by molar-refractivity contribution is -0.152. The van der Waals surface area contributed by atoms with Gasteiger partial charge in [0.25, 0.3) is 0 Å². The number of allylic oxidation sites excluding steroid dienone is 8. The molecule has 0 aromatic carbocycles. The highest BCUT2D eigenvalue weighted by Crippen LogP contribution is 2.37. The van der Waals surface area contributed by atoms with E-state index in [0.717, 1.165) is 64.2 Å². The summed E-state index contributed by atoms with van der Waals surface area (Å²) >= 11 is 0. The molecule has 5 heteroatoms. The summed E-state index contributed by atoms with van der Waals surface area (Å²) in [7, 11) is 0. The standard InChI is InChI=1S/C40H69NO4/c1-3-5-7-9-11-13-15-17-19-21-23-25-27-29-31-33-37(42)44-39-36(35-41)40(39)45-38(43)34-32-30-28-26-24-22-20-18-16-14-12-10-8-6-4-2/h11-14,17-20,36,39-40H,3-10,15-16,21-35,41H2,1-2H3/b13-11-,14-12-,19-17-,20-18-/t36?,39-,40+. The lowest BCUT2D eigenvalue weighted by Gasteiger charge is -2.06. The van der Waals surface area contributed by atoms with Crippen molar-refractivity contribution in [2.24, 2.45) is 11.7 Å². The lowest BCUT2D eigenvalue weighted by Crippen LogP contribution is -2.13. The molecule has 45 heavy (non-hydrogen) atoms. The van der Waals surface area contributed by atoms with Crippen molar-refractivity contribution in [2.75, 3.05) is 6.54 Å². The molecule has 1 saturated carbocycles. The molecule has 0 saturated heterocycles. The monoisotopic (exact) mass is 628 g/mol. The number of ether oxygens (including phenoxy) is 2. The van der Waals surface area contributed by atoms with E-state index in [-0.39, 0.29) is 30.1 Å². The van der Waals surface area contributed by atoms with Crippen molar-refractivity contribution >= 4 is 11.9 Å². The van der Waals surface area contributed by atoms with Crippen molar-refractivity contribution in [1.29, 1.82) is 0 Å². The second-order valence-electron chi connectivity index (χ2n) is 12.8. The molecule has 3 atom stereocenters. The third-order valence-electron chi connectivity index (χ3n) is 8.50. The van der Waals surface area contributed by atoms with Crippen molar-refractivity contribution < 1.29 is 19.1 Å². The van der Waals surface area contributed by atoms with Crippen LogP contribution in [0.1, 0.15) is 168 Å². The highest BCUT2D eigenvalue weighted by molar-refractivity contribution is 5.71. The summed E-state index contributed by atoms with van der Waals surface area (Å²) in [5.41, 5.74) is 5.84. The van der Waals surface area contributed by atoms with Crippen LogP contribution in [0.3, 0.4) is 0 Å². The molecular weight excluding hydrogens is 558 g/mol. The predicted molar refractivity (Wildman–Crippen MR) is 191 cm³/mol. The molecule has 1 rings (SSSR count). The van der Waals surface area contributed by atoms with Crippen LogP contribution in [-0.4, -0.2) is 30.7 Å². The molecule has 0 amide bonds. The van der Waals surface area contributed by atoms with Crippen LogP contribution < -0.4 is 5.73 Å². The molecule has 0 aromatic heterocycles. The molecule has 5 nitrogen and oxygen atoms in total. The Morgan fingerprint density at radius 1 is 0.489 bits per heavy atom. The smallest absolute Gasteiger partial charge is 0.306 e. The zero-order valence-electron chi connectivity index (χ0n) is 29.2. The second kappa shape index (κ2) is 30.5. The molecule has 1 aliphatic carbocycles. The minimum atomic E-state index is -0.367. The Balaban J connectivity index is 1.98. The first kappa shape index (κ1) is 40.9. The van der Waals surface area contributed by atoms with Gasteiger partial charge in [0.15, 0.2) is 0 Å². The molecule has 1 fully saturated rings. The van der Waals surface area contributed by atoms with Gasteiger partial charge in [-0.25, -0.2) is 0 Å². The van der Waals surface area contributed by atoms with Crippen molar-refractivity contribution in [2.45, 2.75) is 180 Å². The minimum Gasteiger partial charge on any atom is -0.458 e. The Labute approximate surface area is 277 Å². The van der Waals surface area contributed by atoms with Gasteiger partial charge in [-0.15, -0.1) is 0 Å². The maximum absolute atomic E-state index is 12.3. The van der Waals surface area contributed by atoms with Gasteiger partial charge in [0, 0.05) is 19.4 Å². The van der Waals surface area contributed by atoms with Crippen LogP contribution in [0.5, 0.6) is 0 Å². The van der Waals surface area contributed by atoms with Gasteiger partial charge in [-0.05, 0) is 77.0 Å². The van der Waals surface area contributed by atoms with E-state index < -0.39 is 0 Å². The van der Waals surface area contributed by atoms with Crippen molar-refractivity contribution in [3.05, 3.63) is 48.6 Å².